The molecule has 0 aromatic carbocycles. The molecule has 1 saturated carbocycles. The van der Waals surface area contributed by atoms with Crippen LogP contribution in [0.2, 0.25) is 0 Å². The maximum atomic E-state index is 12.1. The summed E-state index contributed by atoms with van der Waals surface area (Å²) in [5.41, 5.74) is 2.04. The highest BCUT2D eigenvalue weighted by Gasteiger charge is 2.21. The number of pyridine rings is 1. The molecule has 0 saturated heterocycles. The zero-order valence-electron chi connectivity index (χ0n) is 17.2. The summed E-state index contributed by atoms with van der Waals surface area (Å²) in [4.78, 5) is 17.4. The molecule has 4 heterocycles. The molecule has 0 unspecified atom stereocenters. The summed E-state index contributed by atoms with van der Waals surface area (Å²) in [6, 6.07) is 3.61. The number of nitrogens with one attached hydrogen (secondary N) is 1. The Morgan fingerprint density at radius 3 is 2.77 bits per heavy atom. The van der Waals surface area contributed by atoms with E-state index in [1.54, 1.807) is 41.7 Å². The maximum Gasteiger partial charge on any atom is 0.294 e. The molecule has 0 radical (unpaired) electrons. The minimum atomic E-state index is -0.143. The third kappa shape index (κ3) is 4.13. The normalized spacial score (nSPS) is 13.6. The van der Waals surface area contributed by atoms with E-state index in [-0.39, 0.29) is 12.5 Å². The van der Waals surface area contributed by atoms with Gasteiger partial charge in [0.15, 0.2) is 6.61 Å². The maximum absolute atomic E-state index is 12.1. The lowest BCUT2D eigenvalue weighted by molar-refractivity contribution is -0.123. The van der Waals surface area contributed by atoms with Gasteiger partial charge in [0.05, 0.1) is 26.6 Å². The molecule has 1 aliphatic carbocycles. The van der Waals surface area contributed by atoms with Crippen molar-refractivity contribution in [1.29, 1.82) is 0 Å². The molecule has 1 fully saturated rings. The second-order valence-corrected chi connectivity index (χ2v) is 8.32. The molecule has 0 atom stereocenters. The Kier molecular flexibility index (Phi) is 5.10. The SMILES string of the molecule is COc1cc(OCC(=O)NCCC2CC2)c2cc(-c3cn4nc(OC)sc4n3)nn2c1. The van der Waals surface area contributed by atoms with E-state index in [1.165, 1.54) is 24.2 Å². The van der Waals surface area contributed by atoms with Gasteiger partial charge in [-0.1, -0.05) is 12.8 Å². The Bertz CT molecular complexity index is 1210. The third-order valence-electron chi connectivity index (χ3n) is 5.14. The fourth-order valence-corrected chi connectivity index (χ4v) is 3.99. The molecule has 5 rings (SSSR count). The quantitative estimate of drug-likeness (QED) is 0.424. The van der Waals surface area contributed by atoms with Gasteiger partial charge in [-0.25, -0.2) is 14.0 Å². The van der Waals surface area contributed by atoms with Gasteiger partial charge in [0.25, 0.3) is 11.1 Å². The van der Waals surface area contributed by atoms with E-state index in [2.05, 4.69) is 20.5 Å². The van der Waals surface area contributed by atoms with Crippen molar-refractivity contribution in [2.24, 2.45) is 5.92 Å². The number of aromatic nitrogens is 5. The Balaban J connectivity index is 1.37. The van der Waals surface area contributed by atoms with Crippen molar-refractivity contribution in [3.8, 4) is 28.1 Å². The third-order valence-corrected chi connectivity index (χ3v) is 6.02. The summed E-state index contributed by atoms with van der Waals surface area (Å²) in [5.74, 6) is 1.72. The molecule has 162 valence electrons. The number of rotatable bonds is 9. The van der Waals surface area contributed by atoms with Gasteiger partial charge in [0, 0.05) is 12.6 Å². The van der Waals surface area contributed by atoms with Crippen LogP contribution in [0.15, 0.2) is 24.5 Å². The smallest absolute Gasteiger partial charge is 0.294 e. The van der Waals surface area contributed by atoms with E-state index in [0.29, 0.717) is 45.1 Å². The molecule has 31 heavy (non-hydrogen) atoms. The number of ether oxygens (including phenoxy) is 3. The summed E-state index contributed by atoms with van der Waals surface area (Å²) in [5, 5.41) is 12.3. The van der Waals surface area contributed by atoms with E-state index in [4.69, 9.17) is 14.2 Å². The molecule has 1 N–H and O–H groups in total. The van der Waals surface area contributed by atoms with E-state index in [1.807, 2.05) is 6.07 Å². The van der Waals surface area contributed by atoms with Gasteiger partial charge in [-0.2, -0.15) is 5.10 Å². The first-order valence-electron chi connectivity index (χ1n) is 10.0. The molecular formula is C20H22N6O4S. The van der Waals surface area contributed by atoms with Crippen LogP contribution in [0.25, 0.3) is 21.9 Å². The first-order chi connectivity index (χ1) is 15.1. The van der Waals surface area contributed by atoms with Crippen molar-refractivity contribution in [1.82, 2.24) is 29.5 Å². The molecule has 10 nitrogen and oxygen atoms in total. The van der Waals surface area contributed by atoms with E-state index < -0.39 is 0 Å². The van der Waals surface area contributed by atoms with Crippen LogP contribution in [0, 0.1) is 5.92 Å². The zero-order valence-corrected chi connectivity index (χ0v) is 18.0. The Hall–Kier alpha value is -3.34. The number of carbonyl (C=O) groups excluding carboxylic acids is 1. The average Bonchev–Trinajstić information content (AvgIpc) is 3.18. The molecule has 11 heteroatoms. The summed E-state index contributed by atoms with van der Waals surface area (Å²) >= 11 is 1.35. The fourth-order valence-electron chi connectivity index (χ4n) is 3.29. The average molecular weight is 443 g/mol. The molecule has 0 bridgehead atoms. The summed E-state index contributed by atoms with van der Waals surface area (Å²) in [6.07, 6.45) is 7.12. The van der Waals surface area contributed by atoms with Gasteiger partial charge < -0.3 is 19.5 Å². The van der Waals surface area contributed by atoms with Crippen molar-refractivity contribution < 1.29 is 19.0 Å². The lowest BCUT2D eigenvalue weighted by Crippen LogP contribution is -2.30. The topological polar surface area (TPSA) is 104 Å². The minimum Gasteiger partial charge on any atom is -0.495 e. The van der Waals surface area contributed by atoms with Crippen LogP contribution in [0.1, 0.15) is 19.3 Å². The highest BCUT2D eigenvalue weighted by Crippen LogP contribution is 2.32. The number of hydrogen-bond acceptors (Lipinski definition) is 8. The molecule has 0 aliphatic heterocycles. The van der Waals surface area contributed by atoms with Crippen molar-refractivity contribution in [3.63, 3.8) is 0 Å². The lowest BCUT2D eigenvalue weighted by atomic mass is 10.3. The van der Waals surface area contributed by atoms with Gasteiger partial charge in [0.2, 0.25) is 4.96 Å². The van der Waals surface area contributed by atoms with E-state index in [9.17, 15) is 4.79 Å². The van der Waals surface area contributed by atoms with Gasteiger partial charge in [0.1, 0.15) is 28.4 Å². The van der Waals surface area contributed by atoms with Crippen LogP contribution in [0.3, 0.4) is 0 Å². The number of fused-ring (bicyclic) bond motifs is 2. The van der Waals surface area contributed by atoms with Crippen molar-refractivity contribution in [3.05, 3.63) is 24.5 Å². The molecular weight excluding hydrogens is 420 g/mol. The number of amides is 1. The van der Waals surface area contributed by atoms with Gasteiger partial charge in [-0.3, -0.25) is 4.79 Å². The van der Waals surface area contributed by atoms with Crippen LogP contribution in [-0.2, 0) is 4.79 Å². The van der Waals surface area contributed by atoms with Crippen molar-refractivity contribution >= 4 is 27.7 Å². The monoisotopic (exact) mass is 442 g/mol. The summed E-state index contributed by atoms with van der Waals surface area (Å²) < 4.78 is 19.6. The molecule has 4 aromatic rings. The molecule has 4 aromatic heterocycles. The van der Waals surface area contributed by atoms with Crippen LogP contribution >= 0.6 is 11.3 Å². The highest BCUT2D eigenvalue weighted by atomic mass is 32.1. The highest BCUT2D eigenvalue weighted by molar-refractivity contribution is 7.18. The van der Waals surface area contributed by atoms with Crippen molar-refractivity contribution in [2.75, 3.05) is 27.4 Å². The Labute approximate surface area is 181 Å². The van der Waals surface area contributed by atoms with E-state index in [0.717, 1.165) is 12.3 Å². The van der Waals surface area contributed by atoms with Gasteiger partial charge in [-0.05, 0) is 29.7 Å². The largest absolute Gasteiger partial charge is 0.495 e. The van der Waals surface area contributed by atoms with Crippen LogP contribution in [0.5, 0.6) is 16.7 Å². The van der Waals surface area contributed by atoms with E-state index >= 15 is 0 Å². The standard InChI is InChI=1S/C20H22N6O4S/c1-28-13-7-17(30-11-18(27)21-6-5-12-3-4-12)16-8-14(23-25(16)9-13)15-10-26-19(22-15)31-20(24-26)29-2/h7-10,12H,3-6,11H2,1-2H3,(H,21,27). The van der Waals surface area contributed by atoms with Gasteiger partial charge >= 0.3 is 0 Å². The minimum absolute atomic E-state index is 0.0715. The first kappa shape index (κ1) is 19.6. The fraction of sp³-hybridized carbons (Fsp3) is 0.400. The Morgan fingerprint density at radius 2 is 2.03 bits per heavy atom. The lowest BCUT2D eigenvalue weighted by Gasteiger charge is -2.10. The second-order valence-electron chi connectivity index (χ2n) is 7.40. The van der Waals surface area contributed by atoms with Crippen LogP contribution in [-0.4, -0.2) is 57.5 Å². The van der Waals surface area contributed by atoms with Gasteiger partial charge in [-0.15, -0.1) is 5.10 Å². The number of methoxy groups -OCH3 is 2. The Morgan fingerprint density at radius 1 is 1.16 bits per heavy atom. The zero-order chi connectivity index (χ0) is 21.4. The molecule has 1 aliphatic rings. The van der Waals surface area contributed by atoms with Crippen molar-refractivity contribution in [2.45, 2.75) is 19.3 Å². The predicted octanol–water partition coefficient (Wildman–Crippen LogP) is 2.42. The number of hydrogen-bond donors (Lipinski definition) is 1. The molecule has 0 spiro atoms. The summed E-state index contributed by atoms with van der Waals surface area (Å²) in [7, 11) is 3.14. The molecule has 1 amide bonds. The predicted molar refractivity (Wildman–Crippen MR) is 114 cm³/mol. The number of nitrogens with zero attached hydrogens (tertiary/aromatic N) is 5. The summed E-state index contributed by atoms with van der Waals surface area (Å²) in [6.45, 7) is 0.616. The van der Waals surface area contributed by atoms with Crippen LogP contribution < -0.4 is 19.5 Å². The van der Waals surface area contributed by atoms with Crippen LogP contribution in [0.4, 0.5) is 0 Å². The second kappa shape index (κ2) is 8.06. The first-order valence-corrected chi connectivity index (χ1v) is 10.8. The number of carbonyl (C=O) groups is 1. The number of imidazole rings is 1.